The average molecular weight is 363 g/mol. The van der Waals surface area contributed by atoms with E-state index in [9.17, 15) is 16.8 Å². The highest BCUT2D eigenvalue weighted by Crippen LogP contribution is 2.32. The Bertz CT molecular complexity index is 693. The monoisotopic (exact) mass is 362 g/mol. The van der Waals surface area contributed by atoms with Gasteiger partial charge in [0.15, 0.2) is 9.84 Å². The van der Waals surface area contributed by atoms with Crippen LogP contribution in [-0.4, -0.2) is 38.1 Å². The van der Waals surface area contributed by atoms with Crippen molar-refractivity contribution in [1.29, 1.82) is 0 Å². The molecule has 0 saturated carbocycles. The fourth-order valence-corrected chi connectivity index (χ4v) is 4.23. The van der Waals surface area contributed by atoms with Gasteiger partial charge in [-0.25, -0.2) is 16.8 Å². The second-order valence-corrected chi connectivity index (χ2v) is 9.89. The molecule has 0 atom stereocenters. The number of halogens is 2. The number of hydrogen-bond acceptors (Lipinski definition) is 5. The molecule has 0 spiro atoms. The van der Waals surface area contributed by atoms with Gasteiger partial charge in [-0.2, -0.15) is 5.10 Å². The molecule has 1 heterocycles. The van der Waals surface area contributed by atoms with Gasteiger partial charge in [0.2, 0.25) is 0 Å². The van der Waals surface area contributed by atoms with Crippen LogP contribution in [0.1, 0.15) is 32.4 Å². The minimum absolute atomic E-state index is 0.00356. The molecule has 1 aromatic rings. The second kappa shape index (κ2) is 6.21. The van der Waals surface area contributed by atoms with E-state index >= 15 is 0 Å². The van der Waals surface area contributed by atoms with Crippen molar-refractivity contribution >= 4 is 41.2 Å². The highest BCUT2D eigenvalue weighted by Gasteiger charge is 2.28. The molecular weight excluding hydrogens is 347 g/mol. The Morgan fingerprint density at radius 3 is 2.15 bits per heavy atom. The first-order valence-electron chi connectivity index (χ1n) is 5.91. The van der Waals surface area contributed by atoms with Gasteiger partial charge in [-0.3, -0.25) is 4.68 Å². The fraction of sp³-hybridized carbons (Fsp3) is 0.700. The lowest BCUT2D eigenvalue weighted by molar-refractivity contribution is 0.579. The van der Waals surface area contributed by atoms with Crippen LogP contribution in [0, 0.1) is 0 Å². The van der Waals surface area contributed by atoms with Gasteiger partial charge in [-0.05, 0) is 5.92 Å². The Labute approximate surface area is 128 Å². The number of sulfone groups is 1. The summed E-state index contributed by atoms with van der Waals surface area (Å²) in [6, 6.07) is 0. The zero-order chi connectivity index (χ0) is 15.7. The van der Waals surface area contributed by atoms with E-state index in [-0.39, 0.29) is 39.7 Å². The summed E-state index contributed by atoms with van der Waals surface area (Å²) >= 11 is 5.97. The zero-order valence-electron chi connectivity index (χ0n) is 11.3. The van der Waals surface area contributed by atoms with Crippen molar-refractivity contribution in [2.45, 2.75) is 38.1 Å². The molecule has 0 fully saturated rings. The Kier molecular flexibility index (Phi) is 5.51. The molecule has 1 rings (SSSR count). The third-order valence-electron chi connectivity index (χ3n) is 2.72. The molecule has 0 unspecified atom stereocenters. The van der Waals surface area contributed by atoms with Crippen LogP contribution in [0.5, 0.6) is 0 Å². The van der Waals surface area contributed by atoms with E-state index in [1.54, 1.807) is 13.8 Å². The van der Waals surface area contributed by atoms with Gasteiger partial charge in [-0.15, -0.1) is 0 Å². The van der Waals surface area contributed by atoms with E-state index < -0.39 is 18.9 Å². The maximum Gasteiger partial charge on any atom is 0.266 e. The molecule has 1 aromatic heterocycles. The molecular formula is C10H16Cl2N2O4S2. The van der Waals surface area contributed by atoms with Crippen LogP contribution < -0.4 is 0 Å². The summed E-state index contributed by atoms with van der Waals surface area (Å²) in [6.45, 7) is 5.02. The van der Waals surface area contributed by atoms with Crippen molar-refractivity contribution < 1.29 is 16.8 Å². The Morgan fingerprint density at radius 1 is 1.25 bits per heavy atom. The average Bonchev–Trinajstić information content (AvgIpc) is 2.64. The smallest absolute Gasteiger partial charge is 0.251 e. The van der Waals surface area contributed by atoms with Crippen LogP contribution in [0.25, 0.3) is 0 Å². The van der Waals surface area contributed by atoms with Gasteiger partial charge in [0.1, 0.15) is 10.0 Å². The molecule has 0 aliphatic rings. The minimum Gasteiger partial charge on any atom is -0.251 e. The van der Waals surface area contributed by atoms with Crippen molar-refractivity contribution in [3.8, 4) is 0 Å². The SMILES string of the molecule is CCS(=O)(=O)CCn1nc(C(C)C)c(S(=O)(=O)Cl)c1Cl. The zero-order valence-corrected chi connectivity index (χ0v) is 14.4. The highest BCUT2D eigenvalue weighted by atomic mass is 35.7. The lowest BCUT2D eigenvalue weighted by Gasteiger charge is -2.03. The standard InChI is InChI=1S/C10H16Cl2N2O4S2/c1-4-19(15,16)6-5-14-10(11)9(20(12,17)18)8(13-14)7(2)3/h7H,4-6H2,1-3H3. The normalized spacial score (nSPS) is 13.1. The van der Waals surface area contributed by atoms with Crippen molar-refractivity contribution in [3.05, 3.63) is 10.8 Å². The van der Waals surface area contributed by atoms with Crippen LogP contribution in [0.2, 0.25) is 5.15 Å². The predicted octanol–water partition coefficient (Wildman–Crippen LogP) is 2.02. The van der Waals surface area contributed by atoms with E-state index in [1.807, 2.05) is 0 Å². The van der Waals surface area contributed by atoms with Crippen LogP contribution in [0.4, 0.5) is 0 Å². The number of hydrogen-bond donors (Lipinski definition) is 0. The maximum absolute atomic E-state index is 11.6. The predicted molar refractivity (Wildman–Crippen MR) is 78.7 cm³/mol. The molecule has 6 nitrogen and oxygen atoms in total. The Morgan fingerprint density at radius 2 is 1.80 bits per heavy atom. The van der Waals surface area contributed by atoms with Gasteiger partial charge < -0.3 is 0 Å². The first-order chi connectivity index (χ1) is 8.99. The van der Waals surface area contributed by atoms with Gasteiger partial charge in [-0.1, -0.05) is 32.4 Å². The van der Waals surface area contributed by atoms with Gasteiger partial charge >= 0.3 is 0 Å². The molecule has 0 bridgehead atoms. The maximum atomic E-state index is 11.6. The summed E-state index contributed by atoms with van der Waals surface area (Å²) in [5, 5.41) is 3.91. The molecule has 0 radical (unpaired) electrons. The van der Waals surface area contributed by atoms with E-state index in [0.29, 0.717) is 0 Å². The van der Waals surface area contributed by atoms with Gasteiger partial charge in [0, 0.05) is 16.4 Å². The number of rotatable bonds is 6. The lowest BCUT2D eigenvalue weighted by atomic mass is 10.1. The summed E-state index contributed by atoms with van der Waals surface area (Å²) < 4.78 is 47.2. The molecule has 0 N–H and O–H groups in total. The van der Waals surface area contributed by atoms with Crippen LogP contribution >= 0.6 is 22.3 Å². The lowest BCUT2D eigenvalue weighted by Crippen LogP contribution is -2.15. The third kappa shape index (κ3) is 4.09. The molecule has 0 aromatic carbocycles. The summed E-state index contributed by atoms with van der Waals surface area (Å²) in [4.78, 5) is -0.246. The third-order valence-corrected chi connectivity index (χ3v) is 6.25. The first-order valence-corrected chi connectivity index (χ1v) is 10.4. The number of aromatic nitrogens is 2. The second-order valence-electron chi connectivity index (χ2n) is 4.56. The molecule has 0 aliphatic carbocycles. The molecule has 0 saturated heterocycles. The van der Waals surface area contributed by atoms with Crippen LogP contribution in [0.15, 0.2) is 4.90 Å². The largest absolute Gasteiger partial charge is 0.266 e. The van der Waals surface area contributed by atoms with Gasteiger partial charge in [0.25, 0.3) is 9.05 Å². The summed E-state index contributed by atoms with van der Waals surface area (Å²) in [6.07, 6.45) is 0. The van der Waals surface area contributed by atoms with Crippen molar-refractivity contribution in [3.63, 3.8) is 0 Å². The van der Waals surface area contributed by atoms with Crippen LogP contribution in [0.3, 0.4) is 0 Å². The summed E-state index contributed by atoms with van der Waals surface area (Å²) in [5.74, 6) is -0.367. The van der Waals surface area contributed by atoms with E-state index in [1.165, 1.54) is 11.6 Å². The van der Waals surface area contributed by atoms with Crippen molar-refractivity contribution in [2.24, 2.45) is 0 Å². The highest BCUT2D eigenvalue weighted by molar-refractivity contribution is 8.13. The Balaban J connectivity index is 3.25. The molecule has 10 heteroatoms. The summed E-state index contributed by atoms with van der Waals surface area (Å²) in [5.41, 5.74) is 0.235. The van der Waals surface area contributed by atoms with Gasteiger partial charge in [0.05, 0.1) is 18.0 Å². The number of aryl methyl sites for hydroxylation is 1. The first kappa shape index (κ1) is 17.7. The van der Waals surface area contributed by atoms with Crippen LogP contribution in [-0.2, 0) is 25.4 Å². The van der Waals surface area contributed by atoms with E-state index in [4.69, 9.17) is 22.3 Å². The number of nitrogens with zero attached hydrogens (tertiary/aromatic N) is 2. The molecule has 20 heavy (non-hydrogen) atoms. The van der Waals surface area contributed by atoms with E-state index in [0.717, 1.165) is 0 Å². The Hall–Kier alpha value is -0.310. The minimum atomic E-state index is -4.04. The van der Waals surface area contributed by atoms with Crippen molar-refractivity contribution in [1.82, 2.24) is 9.78 Å². The van der Waals surface area contributed by atoms with Crippen molar-refractivity contribution in [2.75, 3.05) is 11.5 Å². The fourth-order valence-electron chi connectivity index (χ4n) is 1.56. The molecule has 0 aliphatic heterocycles. The van der Waals surface area contributed by atoms with E-state index in [2.05, 4.69) is 5.10 Å². The molecule has 0 amide bonds. The quantitative estimate of drug-likeness (QED) is 0.722. The molecule has 116 valence electrons. The topological polar surface area (TPSA) is 86.1 Å². The summed E-state index contributed by atoms with van der Waals surface area (Å²) in [7, 11) is -1.88.